The number of nitrogens with one attached hydrogen (secondary N) is 1. The molecule has 1 aliphatic heterocycles. The van der Waals surface area contributed by atoms with Gasteiger partial charge in [0.05, 0.1) is 6.04 Å². The van der Waals surface area contributed by atoms with Gasteiger partial charge in [0.1, 0.15) is 0 Å². The van der Waals surface area contributed by atoms with Gasteiger partial charge in [-0.3, -0.25) is 4.79 Å². The molecule has 1 saturated heterocycles. The molecule has 0 radical (unpaired) electrons. The maximum Gasteiger partial charge on any atom is 0.240 e. The van der Waals surface area contributed by atoms with E-state index in [-0.39, 0.29) is 11.9 Å². The molecule has 114 valence electrons. The molecule has 1 amide bonds. The molecule has 22 heavy (non-hydrogen) atoms. The van der Waals surface area contributed by atoms with Crippen molar-refractivity contribution in [3.8, 4) is 10.4 Å². The molecule has 3 nitrogen and oxygen atoms in total. The van der Waals surface area contributed by atoms with Gasteiger partial charge in [-0.1, -0.05) is 36.4 Å². The summed E-state index contributed by atoms with van der Waals surface area (Å²) in [5.41, 5.74) is 2.42. The van der Waals surface area contributed by atoms with Gasteiger partial charge < -0.3 is 10.2 Å². The minimum absolute atomic E-state index is 0.124. The summed E-state index contributed by atoms with van der Waals surface area (Å²) in [6.07, 6.45) is 2.52. The highest BCUT2D eigenvalue weighted by Crippen LogP contribution is 2.25. The third-order valence-electron chi connectivity index (χ3n) is 3.93. The quantitative estimate of drug-likeness (QED) is 0.861. The lowest BCUT2D eigenvalue weighted by atomic mass is 10.0. The van der Waals surface area contributed by atoms with Gasteiger partial charge in [0.15, 0.2) is 0 Å². The van der Waals surface area contributed by atoms with Crippen LogP contribution in [0.25, 0.3) is 10.4 Å². The Kier molecular flexibility index (Phi) is 4.71. The van der Waals surface area contributed by atoms with Gasteiger partial charge in [-0.15, -0.1) is 17.9 Å². The second kappa shape index (κ2) is 6.90. The third-order valence-corrected chi connectivity index (χ3v) is 4.85. The number of hydrogen-bond donors (Lipinski definition) is 1. The molecule has 1 aromatic carbocycles. The maximum atomic E-state index is 12.4. The molecule has 1 fully saturated rings. The van der Waals surface area contributed by atoms with Gasteiger partial charge in [-0.2, -0.15) is 0 Å². The summed E-state index contributed by atoms with van der Waals surface area (Å²) < 4.78 is 0. The van der Waals surface area contributed by atoms with Crippen LogP contribution in [0.15, 0.2) is 54.4 Å². The van der Waals surface area contributed by atoms with Crippen molar-refractivity contribution in [1.29, 1.82) is 0 Å². The average Bonchev–Trinajstić information content (AvgIpc) is 3.07. The Balaban J connectivity index is 1.67. The molecule has 0 saturated carbocycles. The SMILES string of the molecule is C=CCN1CCNC(Cc2ccc(-c3cccs3)cc2)C1=O. The van der Waals surface area contributed by atoms with Gasteiger partial charge in [-0.25, -0.2) is 0 Å². The zero-order valence-corrected chi connectivity index (χ0v) is 13.3. The first-order valence-electron chi connectivity index (χ1n) is 7.54. The molecule has 0 aliphatic carbocycles. The van der Waals surface area contributed by atoms with E-state index in [1.165, 1.54) is 16.0 Å². The monoisotopic (exact) mass is 312 g/mol. The molecule has 3 rings (SSSR count). The smallest absolute Gasteiger partial charge is 0.240 e. The lowest BCUT2D eigenvalue weighted by molar-refractivity contribution is -0.135. The topological polar surface area (TPSA) is 32.3 Å². The van der Waals surface area contributed by atoms with Crippen molar-refractivity contribution in [3.05, 3.63) is 60.0 Å². The molecule has 0 bridgehead atoms. The first-order valence-corrected chi connectivity index (χ1v) is 8.42. The standard InChI is InChI=1S/C18H20N2OS/c1-2-10-20-11-9-19-16(18(20)21)13-14-5-7-15(8-6-14)17-4-3-12-22-17/h2-8,12,16,19H,1,9-11,13H2. The van der Waals surface area contributed by atoms with Gasteiger partial charge in [-0.05, 0) is 29.0 Å². The molecule has 1 aromatic heterocycles. The van der Waals surface area contributed by atoms with E-state index in [1.54, 1.807) is 17.4 Å². The number of carbonyl (C=O) groups excluding carboxylic acids is 1. The van der Waals surface area contributed by atoms with Crippen molar-refractivity contribution in [2.24, 2.45) is 0 Å². The van der Waals surface area contributed by atoms with Crippen molar-refractivity contribution in [2.45, 2.75) is 12.5 Å². The van der Waals surface area contributed by atoms with Crippen LogP contribution in [0.4, 0.5) is 0 Å². The van der Waals surface area contributed by atoms with Crippen molar-refractivity contribution in [3.63, 3.8) is 0 Å². The Morgan fingerprint density at radius 2 is 2.14 bits per heavy atom. The fourth-order valence-corrected chi connectivity index (χ4v) is 3.50. The van der Waals surface area contributed by atoms with Crippen molar-refractivity contribution in [1.82, 2.24) is 10.2 Å². The lowest BCUT2D eigenvalue weighted by Gasteiger charge is -2.32. The van der Waals surface area contributed by atoms with Crippen molar-refractivity contribution < 1.29 is 4.79 Å². The molecule has 1 atom stereocenters. The van der Waals surface area contributed by atoms with Crippen LogP contribution in [0.3, 0.4) is 0 Å². The molecule has 2 heterocycles. The number of piperazine rings is 1. The zero-order chi connectivity index (χ0) is 15.4. The Morgan fingerprint density at radius 1 is 1.32 bits per heavy atom. The first kappa shape index (κ1) is 15.0. The molecule has 1 N–H and O–H groups in total. The molecular weight excluding hydrogens is 292 g/mol. The van der Waals surface area contributed by atoms with Gasteiger partial charge in [0.25, 0.3) is 0 Å². The molecule has 1 aliphatic rings. The van der Waals surface area contributed by atoms with E-state index in [1.807, 2.05) is 4.90 Å². The zero-order valence-electron chi connectivity index (χ0n) is 12.5. The summed E-state index contributed by atoms with van der Waals surface area (Å²) in [4.78, 5) is 15.5. The fraction of sp³-hybridized carbons (Fsp3) is 0.278. The predicted octanol–water partition coefficient (Wildman–Crippen LogP) is 2.94. The Labute approximate surface area is 135 Å². The highest BCUT2D eigenvalue weighted by molar-refractivity contribution is 7.13. The van der Waals surface area contributed by atoms with E-state index in [4.69, 9.17) is 0 Å². The van der Waals surface area contributed by atoms with Gasteiger partial charge in [0.2, 0.25) is 5.91 Å². The highest BCUT2D eigenvalue weighted by atomic mass is 32.1. The maximum absolute atomic E-state index is 12.4. The predicted molar refractivity (Wildman–Crippen MR) is 92.0 cm³/mol. The molecule has 1 unspecified atom stereocenters. The Hall–Kier alpha value is -1.91. The Bertz CT molecular complexity index is 634. The van der Waals surface area contributed by atoms with E-state index < -0.39 is 0 Å². The minimum Gasteiger partial charge on any atom is -0.336 e. The highest BCUT2D eigenvalue weighted by Gasteiger charge is 2.27. The lowest BCUT2D eigenvalue weighted by Crippen LogP contribution is -2.55. The molecule has 0 spiro atoms. The number of carbonyl (C=O) groups is 1. The molecular formula is C18H20N2OS. The summed E-state index contributed by atoms with van der Waals surface area (Å²) in [7, 11) is 0. The number of thiophene rings is 1. The van der Waals surface area contributed by atoms with Crippen LogP contribution in [0.5, 0.6) is 0 Å². The van der Waals surface area contributed by atoms with Crippen LogP contribution in [0, 0.1) is 0 Å². The van der Waals surface area contributed by atoms with E-state index in [0.717, 1.165) is 19.5 Å². The normalized spacial score (nSPS) is 18.5. The van der Waals surface area contributed by atoms with Crippen LogP contribution < -0.4 is 5.32 Å². The van der Waals surface area contributed by atoms with Crippen LogP contribution in [0.2, 0.25) is 0 Å². The van der Waals surface area contributed by atoms with Gasteiger partial charge >= 0.3 is 0 Å². The summed E-state index contributed by atoms with van der Waals surface area (Å²) in [6.45, 7) is 5.96. The number of rotatable bonds is 5. The number of hydrogen-bond acceptors (Lipinski definition) is 3. The van der Waals surface area contributed by atoms with Crippen LogP contribution in [-0.2, 0) is 11.2 Å². The minimum atomic E-state index is -0.124. The summed E-state index contributed by atoms with van der Waals surface area (Å²) in [5, 5.41) is 5.41. The molecule has 2 aromatic rings. The molecule has 4 heteroatoms. The average molecular weight is 312 g/mol. The van der Waals surface area contributed by atoms with E-state index in [2.05, 4.69) is 53.7 Å². The largest absolute Gasteiger partial charge is 0.336 e. The summed E-state index contributed by atoms with van der Waals surface area (Å²) >= 11 is 1.74. The second-order valence-electron chi connectivity index (χ2n) is 5.46. The van der Waals surface area contributed by atoms with Crippen LogP contribution in [0.1, 0.15) is 5.56 Å². The van der Waals surface area contributed by atoms with Crippen LogP contribution in [-0.4, -0.2) is 36.5 Å². The van der Waals surface area contributed by atoms with Crippen molar-refractivity contribution >= 4 is 17.2 Å². The van der Waals surface area contributed by atoms with E-state index in [9.17, 15) is 4.79 Å². The first-order chi connectivity index (χ1) is 10.8. The Morgan fingerprint density at radius 3 is 2.82 bits per heavy atom. The summed E-state index contributed by atoms with van der Waals surface area (Å²) in [6, 6.07) is 12.6. The number of nitrogens with zero attached hydrogens (tertiary/aromatic N) is 1. The number of amides is 1. The van der Waals surface area contributed by atoms with Crippen LogP contribution >= 0.6 is 11.3 Å². The third kappa shape index (κ3) is 3.29. The van der Waals surface area contributed by atoms with Crippen molar-refractivity contribution in [2.75, 3.05) is 19.6 Å². The van der Waals surface area contributed by atoms with Gasteiger partial charge in [0, 0.05) is 24.5 Å². The summed E-state index contributed by atoms with van der Waals surface area (Å²) in [5.74, 6) is 0.175. The van der Waals surface area contributed by atoms with E-state index in [0.29, 0.717) is 6.54 Å². The van der Waals surface area contributed by atoms with E-state index >= 15 is 0 Å². The number of benzene rings is 1. The second-order valence-corrected chi connectivity index (χ2v) is 6.41. The fourth-order valence-electron chi connectivity index (χ4n) is 2.77.